The average Bonchev–Trinajstić information content (AvgIpc) is 2.85. The fraction of sp³-hybridized carbons (Fsp3) is 0.462. The Bertz CT molecular complexity index is 445. The third-order valence-corrected chi connectivity index (χ3v) is 3.26. The number of nitrogens with two attached hydrogens (primary N) is 1. The summed E-state index contributed by atoms with van der Waals surface area (Å²) in [6.07, 6.45) is 0.601. The highest BCUT2D eigenvalue weighted by atomic mass is 32.1. The zero-order chi connectivity index (χ0) is 13.4. The number of nitrogens with zero attached hydrogens (tertiary/aromatic N) is 1. The number of carbonyl (C=O) groups is 1. The van der Waals surface area contributed by atoms with E-state index in [2.05, 4.69) is 11.8 Å². The third-order valence-electron chi connectivity index (χ3n) is 2.42. The second-order valence-corrected chi connectivity index (χ2v) is 4.58. The molecule has 1 rings (SSSR count). The van der Waals surface area contributed by atoms with E-state index in [1.54, 1.807) is 11.0 Å². The van der Waals surface area contributed by atoms with Gasteiger partial charge in [0.2, 0.25) is 0 Å². The van der Waals surface area contributed by atoms with Crippen LogP contribution in [0.15, 0.2) is 11.4 Å². The summed E-state index contributed by atoms with van der Waals surface area (Å²) in [5.74, 6) is 5.67. The predicted octanol–water partition coefficient (Wildman–Crippen LogP) is 0.903. The van der Waals surface area contributed by atoms with Crippen molar-refractivity contribution in [1.29, 1.82) is 0 Å². The molecule has 5 heteroatoms. The van der Waals surface area contributed by atoms with E-state index in [0.29, 0.717) is 31.6 Å². The Morgan fingerprint density at radius 1 is 1.61 bits per heavy atom. The molecule has 0 aliphatic heterocycles. The maximum Gasteiger partial charge on any atom is 0.254 e. The average molecular weight is 266 g/mol. The summed E-state index contributed by atoms with van der Waals surface area (Å²) in [5.41, 5.74) is 5.95. The number of aliphatic hydroxyl groups excluding tert-OH is 1. The fourth-order valence-corrected chi connectivity index (χ4v) is 2.25. The monoisotopic (exact) mass is 266 g/mol. The maximum absolute atomic E-state index is 12.1. The quantitative estimate of drug-likeness (QED) is 0.778. The molecular weight excluding hydrogens is 248 g/mol. The summed E-state index contributed by atoms with van der Waals surface area (Å²) < 4.78 is 0. The molecule has 4 nitrogen and oxygen atoms in total. The van der Waals surface area contributed by atoms with Crippen LogP contribution in [0.4, 0.5) is 0 Å². The molecule has 0 bridgehead atoms. The third kappa shape index (κ3) is 4.15. The SMILES string of the molecule is CCN(CCCO)C(=O)c1csc(C#CCN)c1. The van der Waals surface area contributed by atoms with Crippen LogP contribution in [-0.2, 0) is 0 Å². The maximum atomic E-state index is 12.1. The molecule has 18 heavy (non-hydrogen) atoms. The van der Waals surface area contributed by atoms with Gasteiger partial charge in [0.25, 0.3) is 5.91 Å². The van der Waals surface area contributed by atoms with E-state index in [1.165, 1.54) is 11.3 Å². The number of rotatable bonds is 5. The van der Waals surface area contributed by atoms with Gasteiger partial charge in [-0.2, -0.15) is 0 Å². The number of aliphatic hydroxyl groups is 1. The van der Waals surface area contributed by atoms with Crippen LogP contribution in [0.2, 0.25) is 0 Å². The molecule has 0 atom stereocenters. The van der Waals surface area contributed by atoms with Crippen molar-refractivity contribution in [3.63, 3.8) is 0 Å². The lowest BCUT2D eigenvalue weighted by Gasteiger charge is -2.19. The molecule has 0 aromatic carbocycles. The van der Waals surface area contributed by atoms with Crippen LogP contribution >= 0.6 is 11.3 Å². The highest BCUT2D eigenvalue weighted by molar-refractivity contribution is 7.10. The standard InChI is InChI=1S/C13H18N2O2S/c1-2-15(7-4-8-16)13(17)11-9-12(18-10-11)5-3-6-14/h9-10,16H,2,4,6-8,14H2,1H3. The highest BCUT2D eigenvalue weighted by Gasteiger charge is 2.14. The van der Waals surface area contributed by atoms with Gasteiger partial charge in [-0.25, -0.2) is 0 Å². The predicted molar refractivity (Wildman–Crippen MR) is 73.5 cm³/mol. The van der Waals surface area contributed by atoms with Crippen molar-refractivity contribution >= 4 is 17.2 Å². The van der Waals surface area contributed by atoms with E-state index in [-0.39, 0.29) is 12.5 Å². The Balaban J connectivity index is 2.72. The Morgan fingerprint density at radius 2 is 2.39 bits per heavy atom. The van der Waals surface area contributed by atoms with Gasteiger partial charge < -0.3 is 15.7 Å². The summed E-state index contributed by atoms with van der Waals surface area (Å²) in [4.78, 5) is 14.7. The zero-order valence-electron chi connectivity index (χ0n) is 10.5. The molecule has 1 amide bonds. The second-order valence-electron chi connectivity index (χ2n) is 3.67. The van der Waals surface area contributed by atoms with Gasteiger partial charge in [0, 0.05) is 25.1 Å². The van der Waals surface area contributed by atoms with Gasteiger partial charge in [-0.3, -0.25) is 4.79 Å². The molecule has 3 N–H and O–H groups in total. The topological polar surface area (TPSA) is 66.6 Å². The van der Waals surface area contributed by atoms with E-state index in [9.17, 15) is 4.79 Å². The van der Waals surface area contributed by atoms with E-state index in [0.717, 1.165) is 4.88 Å². The highest BCUT2D eigenvalue weighted by Crippen LogP contribution is 2.15. The van der Waals surface area contributed by atoms with Crippen molar-refractivity contribution in [2.75, 3.05) is 26.2 Å². The first kappa shape index (κ1) is 14.7. The van der Waals surface area contributed by atoms with Gasteiger partial charge >= 0.3 is 0 Å². The lowest BCUT2D eigenvalue weighted by Crippen LogP contribution is -2.31. The largest absolute Gasteiger partial charge is 0.396 e. The van der Waals surface area contributed by atoms with Gasteiger partial charge in [0.15, 0.2) is 0 Å². The summed E-state index contributed by atoms with van der Waals surface area (Å²) in [6.45, 7) is 3.56. The van der Waals surface area contributed by atoms with Gasteiger partial charge in [-0.05, 0) is 19.4 Å². The summed E-state index contributed by atoms with van der Waals surface area (Å²) in [7, 11) is 0. The van der Waals surface area contributed by atoms with E-state index in [1.807, 2.05) is 12.3 Å². The number of amides is 1. The molecule has 0 spiro atoms. The molecule has 0 aliphatic rings. The van der Waals surface area contributed by atoms with Crippen molar-refractivity contribution in [2.24, 2.45) is 5.73 Å². The summed E-state index contributed by atoms with van der Waals surface area (Å²) in [6, 6.07) is 1.79. The van der Waals surface area contributed by atoms with Gasteiger partial charge in [-0.15, -0.1) is 11.3 Å². The summed E-state index contributed by atoms with van der Waals surface area (Å²) >= 11 is 1.44. The molecule has 0 radical (unpaired) electrons. The molecular formula is C13H18N2O2S. The zero-order valence-corrected chi connectivity index (χ0v) is 11.3. The Hall–Kier alpha value is -1.35. The molecule has 1 aromatic rings. The van der Waals surface area contributed by atoms with Crippen LogP contribution in [0, 0.1) is 11.8 Å². The minimum absolute atomic E-state index is 0.0111. The second kappa shape index (κ2) is 7.88. The van der Waals surface area contributed by atoms with Crippen LogP contribution in [0.3, 0.4) is 0 Å². The molecule has 0 saturated heterocycles. The first-order valence-electron chi connectivity index (χ1n) is 5.90. The molecule has 98 valence electrons. The van der Waals surface area contributed by atoms with Crippen molar-refractivity contribution in [3.8, 4) is 11.8 Å². The van der Waals surface area contributed by atoms with Crippen molar-refractivity contribution in [1.82, 2.24) is 4.90 Å². The lowest BCUT2D eigenvalue weighted by molar-refractivity contribution is 0.0755. The first-order valence-corrected chi connectivity index (χ1v) is 6.78. The van der Waals surface area contributed by atoms with Gasteiger partial charge in [0.05, 0.1) is 17.0 Å². The van der Waals surface area contributed by atoms with Crippen molar-refractivity contribution < 1.29 is 9.90 Å². The lowest BCUT2D eigenvalue weighted by atomic mass is 10.2. The number of thiophene rings is 1. The minimum Gasteiger partial charge on any atom is -0.396 e. The normalized spacial score (nSPS) is 9.72. The van der Waals surface area contributed by atoms with Gasteiger partial charge in [0.1, 0.15) is 0 Å². The number of hydrogen-bond acceptors (Lipinski definition) is 4. The van der Waals surface area contributed by atoms with Crippen LogP contribution in [0.1, 0.15) is 28.6 Å². The molecule has 0 aliphatic carbocycles. The fourth-order valence-electron chi connectivity index (χ4n) is 1.50. The van der Waals surface area contributed by atoms with Crippen LogP contribution in [0.5, 0.6) is 0 Å². The van der Waals surface area contributed by atoms with Crippen LogP contribution in [0.25, 0.3) is 0 Å². The van der Waals surface area contributed by atoms with E-state index >= 15 is 0 Å². The van der Waals surface area contributed by atoms with Crippen molar-refractivity contribution in [2.45, 2.75) is 13.3 Å². The Morgan fingerprint density at radius 3 is 3.00 bits per heavy atom. The van der Waals surface area contributed by atoms with E-state index < -0.39 is 0 Å². The number of hydrogen-bond donors (Lipinski definition) is 2. The van der Waals surface area contributed by atoms with E-state index in [4.69, 9.17) is 10.8 Å². The van der Waals surface area contributed by atoms with Crippen molar-refractivity contribution in [3.05, 3.63) is 21.9 Å². The molecule has 0 saturated carbocycles. The minimum atomic E-state index is -0.0111. The van der Waals surface area contributed by atoms with Crippen LogP contribution < -0.4 is 5.73 Å². The smallest absolute Gasteiger partial charge is 0.254 e. The Labute approximate surface area is 111 Å². The summed E-state index contributed by atoms with van der Waals surface area (Å²) in [5, 5.41) is 10.6. The molecule has 1 aromatic heterocycles. The van der Waals surface area contributed by atoms with Crippen LogP contribution in [-0.4, -0.2) is 42.2 Å². The number of carbonyl (C=O) groups excluding carboxylic acids is 1. The first-order chi connectivity index (χ1) is 8.72. The van der Waals surface area contributed by atoms with Gasteiger partial charge in [-0.1, -0.05) is 11.8 Å². The Kier molecular flexibility index (Phi) is 6.44. The molecule has 0 fully saturated rings. The molecule has 0 unspecified atom stereocenters. The molecule has 1 heterocycles.